The molecule has 6 heteroatoms. The highest BCUT2D eigenvalue weighted by Gasteiger charge is 2.13. The monoisotopic (exact) mass is 339 g/mol. The van der Waals surface area contributed by atoms with Crippen LogP contribution in [0.3, 0.4) is 0 Å². The van der Waals surface area contributed by atoms with Gasteiger partial charge in [0.25, 0.3) is 0 Å². The molecule has 0 aromatic heterocycles. The second-order valence-electron chi connectivity index (χ2n) is 3.67. The number of rotatable bonds is 6. The van der Waals surface area contributed by atoms with Crippen molar-refractivity contribution in [3.05, 3.63) is 27.7 Å². The summed E-state index contributed by atoms with van der Waals surface area (Å²) in [5, 5.41) is 17.6. The summed E-state index contributed by atoms with van der Waals surface area (Å²) in [7, 11) is 0. The van der Waals surface area contributed by atoms with E-state index in [4.69, 9.17) is 19.8 Å². The molecule has 0 heterocycles. The van der Waals surface area contributed by atoms with Gasteiger partial charge in [0.1, 0.15) is 11.6 Å². The van der Waals surface area contributed by atoms with Crippen LogP contribution < -0.4 is 9.47 Å². The van der Waals surface area contributed by atoms with Crippen molar-refractivity contribution in [3.8, 4) is 17.6 Å². The number of nitriles is 1. The van der Waals surface area contributed by atoms with Crippen LogP contribution in [0.15, 0.2) is 22.2 Å². The molecule has 1 N–H and O–H groups in total. The molecule has 0 saturated heterocycles. The maximum atomic E-state index is 10.8. The smallest absolute Gasteiger partial charge is 0.346 e. The molecule has 0 aliphatic carbocycles. The van der Waals surface area contributed by atoms with E-state index in [9.17, 15) is 4.79 Å². The molecular weight excluding hydrogens is 326 g/mol. The number of ether oxygens (including phenoxy) is 2. The molecule has 0 aliphatic heterocycles. The lowest BCUT2D eigenvalue weighted by Gasteiger charge is -2.13. The van der Waals surface area contributed by atoms with Crippen LogP contribution in [0.1, 0.15) is 19.4 Å². The third-order valence-corrected chi connectivity index (χ3v) is 2.87. The molecule has 1 aromatic carbocycles. The number of carbonyl (C=O) groups is 1. The first kappa shape index (κ1) is 16.1. The first-order chi connectivity index (χ1) is 9.53. The van der Waals surface area contributed by atoms with E-state index in [1.54, 1.807) is 18.2 Å². The van der Waals surface area contributed by atoms with Crippen LogP contribution in [0.25, 0.3) is 6.08 Å². The average Bonchev–Trinajstić information content (AvgIpc) is 2.40. The Morgan fingerprint density at radius 1 is 1.40 bits per heavy atom. The van der Waals surface area contributed by atoms with E-state index in [0.29, 0.717) is 34.7 Å². The molecule has 0 fully saturated rings. The lowest BCUT2D eigenvalue weighted by Crippen LogP contribution is -2.00. The Bertz CT molecular complexity index is 575. The fourth-order valence-electron chi connectivity index (χ4n) is 1.53. The van der Waals surface area contributed by atoms with Gasteiger partial charge in [-0.05, 0) is 53.5 Å². The highest BCUT2D eigenvalue weighted by atomic mass is 79.9. The SMILES string of the molecule is CCOc1cc(C=C(C#N)C(=O)O)cc(Br)c1OCC. The molecule has 106 valence electrons. The Kier molecular flexibility index (Phi) is 6.07. The largest absolute Gasteiger partial charge is 0.490 e. The summed E-state index contributed by atoms with van der Waals surface area (Å²) < 4.78 is 11.6. The van der Waals surface area contributed by atoms with Crippen molar-refractivity contribution in [3.63, 3.8) is 0 Å². The number of hydrogen-bond donors (Lipinski definition) is 1. The molecule has 0 unspecified atom stereocenters. The molecule has 20 heavy (non-hydrogen) atoms. The lowest BCUT2D eigenvalue weighted by molar-refractivity contribution is -0.132. The molecule has 1 rings (SSSR count). The van der Waals surface area contributed by atoms with Crippen LogP contribution >= 0.6 is 15.9 Å². The minimum absolute atomic E-state index is 0.344. The van der Waals surface area contributed by atoms with Crippen LogP contribution in [0, 0.1) is 11.3 Å². The van der Waals surface area contributed by atoms with E-state index in [1.807, 2.05) is 13.8 Å². The Morgan fingerprint density at radius 2 is 2.05 bits per heavy atom. The maximum Gasteiger partial charge on any atom is 0.346 e. The summed E-state index contributed by atoms with van der Waals surface area (Å²) in [5.74, 6) is -0.214. The van der Waals surface area contributed by atoms with Crippen molar-refractivity contribution in [1.29, 1.82) is 5.26 Å². The zero-order valence-corrected chi connectivity index (χ0v) is 12.7. The van der Waals surface area contributed by atoms with Crippen molar-refractivity contribution >= 4 is 28.0 Å². The van der Waals surface area contributed by atoms with Crippen molar-refractivity contribution in [1.82, 2.24) is 0 Å². The third kappa shape index (κ3) is 4.00. The van der Waals surface area contributed by atoms with Crippen molar-refractivity contribution in [2.75, 3.05) is 13.2 Å². The highest BCUT2D eigenvalue weighted by Crippen LogP contribution is 2.37. The maximum absolute atomic E-state index is 10.8. The second-order valence-corrected chi connectivity index (χ2v) is 4.53. The average molecular weight is 340 g/mol. The summed E-state index contributed by atoms with van der Waals surface area (Å²) in [6.45, 7) is 4.62. The summed E-state index contributed by atoms with van der Waals surface area (Å²) in [5.41, 5.74) is 0.200. The first-order valence-electron chi connectivity index (χ1n) is 5.97. The minimum Gasteiger partial charge on any atom is -0.490 e. The second kappa shape index (κ2) is 7.56. The van der Waals surface area contributed by atoms with E-state index in [0.717, 1.165) is 0 Å². The van der Waals surface area contributed by atoms with Gasteiger partial charge in [-0.25, -0.2) is 4.79 Å². The zero-order valence-electron chi connectivity index (χ0n) is 11.1. The molecular formula is C14H14BrNO4. The molecule has 5 nitrogen and oxygen atoms in total. The topological polar surface area (TPSA) is 79.5 Å². The van der Waals surface area contributed by atoms with Crippen LogP contribution in [-0.4, -0.2) is 24.3 Å². The van der Waals surface area contributed by atoms with Crippen molar-refractivity contribution < 1.29 is 19.4 Å². The number of aliphatic carboxylic acids is 1. The van der Waals surface area contributed by atoms with Gasteiger partial charge in [-0.3, -0.25) is 0 Å². The molecule has 0 aliphatic rings. The molecule has 0 bridgehead atoms. The predicted molar refractivity (Wildman–Crippen MR) is 77.7 cm³/mol. The molecule has 0 saturated carbocycles. The predicted octanol–water partition coefficient (Wildman–Crippen LogP) is 3.24. The molecule has 0 atom stereocenters. The van der Waals surface area contributed by atoms with Gasteiger partial charge in [0, 0.05) is 0 Å². The number of nitrogens with zero attached hydrogens (tertiary/aromatic N) is 1. The quantitative estimate of drug-likeness (QED) is 0.635. The van der Waals surface area contributed by atoms with Gasteiger partial charge in [0.15, 0.2) is 11.5 Å². The van der Waals surface area contributed by atoms with E-state index in [-0.39, 0.29) is 5.57 Å². The third-order valence-electron chi connectivity index (χ3n) is 2.28. The van der Waals surface area contributed by atoms with Gasteiger partial charge in [0.2, 0.25) is 0 Å². The lowest BCUT2D eigenvalue weighted by atomic mass is 10.1. The van der Waals surface area contributed by atoms with Gasteiger partial charge in [0.05, 0.1) is 17.7 Å². The normalized spacial score (nSPS) is 10.8. The zero-order chi connectivity index (χ0) is 15.1. The molecule has 0 spiro atoms. The van der Waals surface area contributed by atoms with Gasteiger partial charge >= 0.3 is 5.97 Å². The van der Waals surface area contributed by atoms with Gasteiger partial charge in [-0.15, -0.1) is 0 Å². The van der Waals surface area contributed by atoms with Gasteiger partial charge < -0.3 is 14.6 Å². The number of hydrogen-bond acceptors (Lipinski definition) is 4. The Hall–Kier alpha value is -2.00. The fourth-order valence-corrected chi connectivity index (χ4v) is 2.10. The Balaban J connectivity index is 3.31. The van der Waals surface area contributed by atoms with Gasteiger partial charge in [-0.1, -0.05) is 0 Å². The van der Waals surface area contributed by atoms with Crippen LogP contribution in [0.2, 0.25) is 0 Å². The minimum atomic E-state index is -1.27. The van der Waals surface area contributed by atoms with Gasteiger partial charge in [-0.2, -0.15) is 5.26 Å². The van der Waals surface area contributed by atoms with E-state index < -0.39 is 5.97 Å². The van der Waals surface area contributed by atoms with Crippen LogP contribution in [0.5, 0.6) is 11.5 Å². The van der Waals surface area contributed by atoms with E-state index in [2.05, 4.69) is 15.9 Å². The number of benzene rings is 1. The first-order valence-corrected chi connectivity index (χ1v) is 6.77. The molecule has 0 amide bonds. The number of halogens is 1. The van der Waals surface area contributed by atoms with Crippen molar-refractivity contribution in [2.24, 2.45) is 0 Å². The highest BCUT2D eigenvalue weighted by molar-refractivity contribution is 9.10. The summed E-state index contributed by atoms with van der Waals surface area (Å²) >= 11 is 3.35. The Labute approximate surface area is 125 Å². The number of carboxylic acid groups (broad SMARTS) is 1. The molecule has 1 aromatic rings. The fraction of sp³-hybridized carbons (Fsp3) is 0.286. The number of carboxylic acids is 1. The van der Waals surface area contributed by atoms with E-state index >= 15 is 0 Å². The Morgan fingerprint density at radius 3 is 2.55 bits per heavy atom. The van der Waals surface area contributed by atoms with Crippen molar-refractivity contribution in [2.45, 2.75) is 13.8 Å². The molecule has 0 radical (unpaired) electrons. The standard InChI is InChI=1S/C14H14BrNO4/c1-3-19-12-7-9(5-10(8-16)14(17)18)6-11(15)13(12)20-4-2/h5-7H,3-4H2,1-2H3,(H,17,18). The summed E-state index contributed by atoms with van der Waals surface area (Å²) in [4.78, 5) is 10.8. The summed E-state index contributed by atoms with van der Waals surface area (Å²) in [6.07, 6.45) is 1.28. The summed E-state index contributed by atoms with van der Waals surface area (Å²) in [6, 6.07) is 4.95. The van der Waals surface area contributed by atoms with E-state index in [1.165, 1.54) is 6.08 Å². The van der Waals surface area contributed by atoms with Crippen LogP contribution in [-0.2, 0) is 4.79 Å². The van der Waals surface area contributed by atoms with Crippen LogP contribution in [0.4, 0.5) is 0 Å².